The lowest BCUT2D eigenvalue weighted by atomic mass is 10.1. The van der Waals surface area contributed by atoms with E-state index in [4.69, 9.17) is 4.74 Å². The molecule has 0 saturated carbocycles. The van der Waals surface area contributed by atoms with E-state index in [0.29, 0.717) is 16.6 Å². The van der Waals surface area contributed by atoms with Gasteiger partial charge >= 0.3 is 0 Å². The highest BCUT2D eigenvalue weighted by molar-refractivity contribution is 8.00. The van der Waals surface area contributed by atoms with Crippen molar-refractivity contribution in [2.75, 3.05) is 12.4 Å². The Labute approximate surface area is 163 Å². The van der Waals surface area contributed by atoms with Crippen LogP contribution >= 0.6 is 11.8 Å². The first-order valence-corrected chi connectivity index (χ1v) is 9.46. The molecular weight excluding hydrogens is 358 g/mol. The number of carbonyl (C=O) groups is 1. The molecule has 1 amide bonds. The Morgan fingerprint density at radius 1 is 1.07 bits per heavy atom. The molecule has 1 atom stereocenters. The van der Waals surface area contributed by atoms with Gasteiger partial charge in [-0.15, -0.1) is 0 Å². The summed E-state index contributed by atoms with van der Waals surface area (Å²) in [5, 5.41) is 3.14. The van der Waals surface area contributed by atoms with Gasteiger partial charge in [0.05, 0.1) is 18.1 Å². The third kappa shape index (κ3) is 5.08. The van der Waals surface area contributed by atoms with Crippen LogP contribution in [0, 0.1) is 6.92 Å². The van der Waals surface area contributed by atoms with Gasteiger partial charge in [-0.05, 0) is 32.0 Å². The second-order valence-electron chi connectivity index (χ2n) is 6.02. The highest BCUT2D eigenvalue weighted by Crippen LogP contribution is 2.25. The van der Waals surface area contributed by atoms with E-state index < -0.39 is 0 Å². The number of hydrogen-bond donors (Lipinski definition) is 1. The largest absolute Gasteiger partial charge is 0.497 e. The second kappa shape index (κ2) is 8.68. The summed E-state index contributed by atoms with van der Waals surface area (Å²) in [6.45, 7) is 3.77. The van der Waals surface area contributed by atoms with Gasteiger partial charge in [-0.2, -0.15) is 0 Å². The maximum atomic E-state index is 12.5. The number of aromatic nitrogens is 2. The predicted octanol–water partition coefficient (Wildman–Crippen LogP) is 4.58. The molecule has 138 valence electrons. The van der Waals surface area contributed by atoms with Crippen LogP contribution in [0.4, 0.5) is 5.69 Å². The standard InChI is InChI=1S/C21H21N3O2S/c1-14-12-19(16-8-5-4-6-9-16)24-21(22-14)27-15(2)20(25)23-17-10-7-11-18(13-17)26-3/h4-13,15H,1-3H3,(H,23,25)/t15-/m1/s1. The summed E-state index contributed by atoms with van der Waals surface area (Å²) in [5.74, 6) is 0.585. The highest BCUT2D eigenvalue weighted by atomic mass is 32.2. The summed E-state index contributed by atoms with van der Waals surface area (Å²) in [5.41, 5.74) is 3.44. The summed E-state index contributed by atoms with van der Waals surface area (Å²) in [4.78, 5) is 21.6. The minimum absolute atomic E-state index is 0.111. The van der Waals surface area contributed by atoms with Crippen molar-refractivity contribution in [1.29, 1.82) is 0 Å². The van der Waals surface area contributed by atoms with E-state index in [9.17, 15) is 4.79 Å². The van der Waals surface area contributed by atoms with Crippen molar-refractivity contribution < 1.29 is 9.53 Å². The molecule has 0 aliphatic carbocycles. The maximum absolute atomic E-state index is 12.5. The topological polar surface area (TPSA) is 64.1 Å². The number of thioether (sulfide) groups is 1. The number of benzene rings is 2. The molecule has 6 heteroatoms. The summed E-state index contributed by atoms with van der Waals surface area (Å²) in [6.07, 6.45) is 0. The van der Waals surface area contributed by atoms with Gasteiger partial charge in [0, 0.05) is 23.0 Å². The number of methoxy groups -OCH3 is 1. The van der Waals surface area contributed by atoms with E-state index in [-0.39, 0.29) is 11.2 Å². The monoisotopic (exact) mass is 379 g/mol. The fourth-order valence-corrected chi connectivity index (χ4v) is 3.34. The van der Waals surface area contributed by atoms with Gasteiger partial charge in [-0.3, -0.25) is 4.79 Å². The highest BCUT2D eigenvalue weighted by Gasteiger charge is 2.17. The molecule has 3 rings (SSSR count). The first kappa shape index (κ1) is 18.9. The average molecular weight is 379 g/mol. The van der Waals surface area contributed by atoms with Gasteiger partial charge in [0.15, 0.2) is 5.16 Å². The van der Waals surface area contributed by atoms with Crippen LogP contribution in [0.5, 0.6) is 5.75 Å². The molecule has 0 saturated heterocycles. The van der Waals surface area contributed by atoms with Crippen LogP contribution < -0.4 is 10.1 Å². The summed E-state index contributed by atoms with van der Waals surface area (Å²) in [7, 11) is 1.60. The van der Waals surface area contributed by atoms with Gasteiger partial charge in [0.25, 0.3) is 0 Å². The lowest BCUT2D eigenvalue weighted by Crippen LogP contribution is -2.22. The Morgan fingerprint density at radius 2 is 1.85 bits per heavy atom. The molecule has 0 spiro atoms. The molecule has 0 unspecified atom stereocenters. The van der Waals surface area contributed by atoms with Crippen molar-refractivity contribution in [2.24, 2.45) is 0 Å². The Kier molecular flexibility index (Phi) is 6.08. The second-order valence-corrected chi connectivity index (χ2v) is 7.33. The van der Waals surface area contributed by atoms with Crippen LogP contribution in [-0.2, 0) is 4.79 Å². The van der Waals surface area contributed by atoms with Crippen molar-refractivity contribution in [3.05, 3.63) is 66.4 Å². The van der Waals surface area contributed by atoms with E-state index in [1.807, 2.05) is 68.4 Å². The van der Waals surface area contributed by atoms with Gasteiger partial charge in [0.1, 0.15) is 5.75 Å². The molecule has 0 aliphatic rings. The SMILES string of the molecule is COc1cccc(NC(=O)[C@@H](C)Sc2nc(C)cc(-c3ccccc3)n2)c1. The number of aryl methyl sites for hydroxylation is 1. The Balaban J connectivity index is 1.72. The number of rotatable bonds is 6. The van der Waals surface area contributed by atoms with Crippen LogP contribution in [-0.4, -0.2) is 28.2 Å². The van der Waals surface area contributed by atoms with E-state index in [1.165, 1.54) is 11.8 Å². The molecule has 0 bridgehead atoms. The number of ether oxygens (including phenoxy) is 1. The van der Waals surface area contributed by atoms with Crippen molar-refractivity contribution in [1.82, 2.24) is 9.97 Å². The number of nitrogens with one attached hydrogen (secondary N) is 1. The van der Waals surface area contributed by atoms with Gasteiger partial charge in [-0.1, -0.05) is 48.2 Å². The van der Waals surface area contributed by atoms with E-state index in [0.717, 1.165) is 17.0 Å². The fraction of sp³-hybridized carbons (Fsp3) is 0.190. The van der Waals surface area contributed by atoms with E-state index in [1.54, 1.807) is 13.2 Å². The average Bonchev–Trinajstić information content (AvgIpc) is 2.68. The molecule has 5 nitrogen and oxygen atoms in total. The molecule has 1 aromatic heterocycles. The van der Waals surface area contributed by atoms with Crippen molar-refractivity contribution in [3.8, 4) is 17.0 Å². The maximum Gasteiger partial charge on any atom is 0.237 e. The third-order valence-electron chi connectivity index (χ3n) is 3.89. The van der Waals surface area contributed by atoms with Crippen LogP contribution in [0.15, 0.2) is 65.8 Å². The van der Waals surface area contributed by atoms with E-state index in [2.05, 4.69) is 15.3 Å². The van der Waals surface area contributed by atoms with Crippen molar-refractivity contribution >= 4 is 23.4 Å². The molecular formula is C21H21N3O2S. The van der Waals surface area contributed by atoms with Gasteiger partial charge < -0.3 is 10.1 Å². The van der Waals surface area contributed by atoms with Crippen molar-refractivity contribution in [3.63, 3.8) is 0 Å². The van der Waals surface area contributed by atoms with Crippen molar-refractivity contribution in [2.45, 2.75) is 24.3 Å². The third-order valence-corrected chi connectivity index (χ3v) is 4.85. The van der Waals surface area contributed by atoms with Crippen LogP contribution in [0.25, 0.3) is 11.3 Å². The molecule has 1 heterocycles. The smallest absolute Gasteiger partial charge is 0.237 e. The Hall–Kier alpha value is -2.86. The Bertz CT molecular complexity index is 932. The van der Waals surface area contributed by atoms with Crippen LogP contribution in [0.3, 0.4) is 0 Å². The van der Waals surface area contributed by atoms with Gasteiger partial charge in [-0.25, -0.2) is 9.97 Å². The number of hydrogen-bond acceptors (Lipinski definition) is 5. The molecule has 0 radical (unpaired) electrons. The minimum atomic E-state index is -0.346. The first-order valence-electron chi connectivity index (χ1n) is 8.58. The van der Waals surface area contributed by atoms with Gasteiger partial charge in [0.2, 0.25) is 5.91 Å². The normalized spacial score (nSPS) is 11.7. The lowest BCUT2D eigenvalue weighted by molar-refractivity contribution is -0.115. The Morgan fingerprint density at radius 3 is 2.59 bits per heavy atom. The molecule has 27 heavy (non-hydrogen) atoms. The molecule has 0 fully saturated rings. The number of carbonyl (C=O) groups excluding carboxylic acids is 1. The summed E-state index contributed by atoms with van der Waals surface area (Å²) < 4.78 is 5.18. The quantitative estimate of drug-likeness (QED) is 0.502. The number of nitrogens with zero attached hydrogens (tertiary/aromatic N) is 2. The van der Waals surface area contributed by atoms with Crippen LogP contribution in [0.1, 0.15) is 12.6 Å². The summed E-state index contributed by atoms with van der Waals surface area (Å²) in [6, 6.07) is 19.2. The molecule has 2 aromatic carbocycles. The first-order chi connectivity index (χ1) is 13.0. The fourth-order valence-electron chi connectivity index (χ4n) is 2.51. The number of amides is 1. The number of anilines is 1. The zero-order valence-electron chi connectivity index (χ0n) is 15.5. The minimum Gasteiger partial charge on any atom is -0.497 e. The zero-order chi connectivity index (χ0) is 19.2. The predicted molar refractivity (Wildman–Crippen MR) is 109 cm³/mol. The molecule has 1 N–H and O–H groups in total. The zero-order valence-corrected chi connectivity index (χ0v) is 16.3. The van der Waals surface area contributed by atoms with E-state index >= 15 is 0 Å². The van der Waals surface area contributed by atoms with Crippen LogP contribution in [0.2, 0.25) is 0 Å². The lowest BCUT2D eigenvalue weighted by Gasteiger charge is -2.13. The molecule has 0 aliphatic heterocycles. The molecule has 3 aromatic rings. The summed E-state index contributed by atoms with van der Waals surface area (Å²) >= 11 is 1.34.